The number of carbonyl (C=O) groups is 1. The van der Waals surface area contributed by atoms with Gasteiger partial charge in [0.15, 0.2) is 11.5 Å². The molecule has 4 aromatic rings. The van der Waals surface area contributed by atoms with Gasteiger partial charge in [0.2, 0.25) is 5.91 Å². The highest BCUT2D eigenvalue weighted by Gasteiger charge is 2.16. The molecule has 1 aliphatic rings. The van der Waals surface area contributed by atoms with E-state index in [-0.39, 0.29) is 17.5 Å². The number of nitrogens with zero attached hydrogens (tertiary/aromatic N) is 3. The quantitative estimate of drug-likeness (QED) is 0.353. The molecule has 2 aromatic heterocycles. The van der Waals surface area contributed by atoms with E-state index in [1.54, 1.807) is 30.3 Å². The lowest BCUT2D eigenvalue weighted by Crippen LogP contribution is -2.17. The normalized spacial score (nSPS) is 12.7. The van der Waals surface area contributed by atoms with E-state index in [4.69, 9.17) is 9.47 Å². The van der Waals surface area contributed by atoms with Crippen LogP contribution in [-0.4, -0.2) is 39.2 Å². The SMILES string of the molecule is O=C(CSc1ncnc2c(-c3ccc(F)cc3)nsc12)Nc1ccc2c(c1)OCCO2. The van der Waals surface area contributed by atoms with Gasteiger partial charge in [0.1, 0.15) is 46.3 Å². The van der Waals surface area contributed by atoms with E-state index in [1.807, 2.05) is 0 Å². The number of carbonyl (C=O) groups excluding carboxylic acids is 1. The average Bonchev–Trinajstić information content (AvgIpc) is 3.23. The largest absolute Gasteiger partial charge is 0.486 e. The first kappa shape index (κ1) is 19.7. The Morgan fingerprint density at radius 1 is 1.10 bits per heavy atom. The van der Waals surface area contributed by atoms with Crippen LogP contribution in [0.5, 0.6) is 11.5 Å². The van der Waals surface area contributed by atoms with Crippen molar-refractivity contribution in [1.29, 1.82) is 0 Å². The van der Waals surface area contributed by atoms with Gasteiger partial charge in [-0.15, -0.1) is 0 Å². The van der Waals surface area contributed by atoms with Crippen LogP contribution in [0.15, 0.2) is 53.8 Å². The van der Waals surface area contributed by atoms with Gasteiger partial charge in [-0.3, -0.25) is 4.79 Å². The van der Waals surface area contributed by atoms with Gasteiger partial charge >= 0.3 is 0 Å². The van der Waals surface area contributed by atoms with E-state index in [1.165, 1.54) is 41.8 Å². The molecule has 2 aromatic carbocycles. The number of nitrogens with one attached hydrogen (secondary N) is 1. The van der Waals surface area contributed by atoms with Crippen molar-refractivity contribution in [3.8, 4) is 22.8 Å². The molecule has 0 radical (unpaired) electrons. The van der Waals surface area contributed by atoms with E-state index >= 15 is 0 Å². The van der Waals surface area contributed by atoms with Gasteiger partial charge in [-0.1, -0.05) is 11.8 Å². The number of aromatic nitrogens is 3. The molecule has 3 heterocycles. The molecule has 0 unspecified atom stereocenters. The van der Waals surface area contributed by atoms with Crippen LogP contribution in [-0.2, 0) is 4.79 Å². The van der Waals surface area contributed by atoms with Gasteiger partial charge in [0.05, 0.1) is 5.75 Å². The summed E-state index contributed by atoms with van der Waals surface area (Å²) in [6.07, 6.45) is 1.45. The Labute approximate surface area is 184 Å². The number of anilines is 1. The number of benzene rings is 2. The van der Waals surface area contributed by atoms with Crippen molar-refractivity contribution in [2.24, 2.45) is 0 Å². The predicted molar refractivity (Wildman–Crippen MR) is 117 cm³/mol. The maximum Gasteiger partial charge on any atom is 0.234 e. The van der Waals surface area contributed by atoms with Crippen LogP contribution < -0.4 is 14.8 Å². The minimum atomic E-state index is -0.307. The van der Waals surface area contributed by atoms with Crippen LogP contribution in [0, 0.1) is 5.82 Å². The van der Waals surface area contributed by atoms with Crippen LogP contribution in [0.1, 0.15) is 0 Å². The molecular formula is C21H15FN4O3S2. The monoisotopic (exact) mass is 454 g/mol. The number of halogens is 1. The standard InChI is InChI=1S/C21H15FN4O3S2/c22-13-3-1-12(2-4-13)18-19-20(31-26-18)21(24-11-23-19)30-10-17(27)25-14-5-6-15-16(9-14)29-8-7-28-15/h1-6,9,11H,7-8,10H2,(H,25,27). The second-order valence-corrected chi connectivity index (χ2v) is 8.33. The van der Waals surface area contributed by atoms with Crippen LogP contribution in [0.25, 0.3) is 21.5 Å². The molecular weight excluding hydrogens is 439 g/mol. The number of amides is 1. The fraction of sp³-hybridized carbons (Fsp3) is 0.143. The minimum Gasteiger partial charge on any atom is -0.486 e. The number of thioether (sulfide) groups is 1. The Morgan fingerprint density at radius 2 is 1.90 bits per heavy atom. The molecule has 0 fully saturated rings. The van der Waals surface area contributed by atoms with Crippen molar-refractivity contribution < 1.29 is 18.7 Å². The Hall–Kier alpha value is -3.24. The molecule has 0 aliphatic carbocycles. The summed E-state index contributed by atoms with van der Waals surface area (Å²) in [5.41, 5.74) is 2.77. The summed E-state index contributed by atoms with van der Waals surface area (Å²) in [4.78, 5) is 21.1. The van der Waals surface area contributed by atoms with Crippen molar-refractivity contribution in [3.05, 3.63) is 54.6 Å². The third-order valence-corrected chi connectivity index (χ3v) is 6.47. The first-order valence-corrected chi connectivity index (χ1v) is 11.1. The first-order valence-electron chi connectivity index (χ1n) is 9.36. The first-order chi connectivity index (χ1) is 15.2. The van der Waals surface area contributed by atoms with Gasteiger partial charge in [0, 0.05) is 17.3 Å². The highest BCUT2D eigenvalue weighted by atomic mass is 32.2. The summed E-state index contributed by atoms with van der Waals surface area (Å²) < 4.78 is 29.5. The zero-order chi connectivity index (χ0) is 21.2. The molecule has 0 atom stereocenters. The highest BCUT2D eigenvalue weighted by Crippen LogP contribution is 2.35. The number of ether oxygens (including phenoxy) is 2. The third-order valence-electron chi connectivity index (χ3n) is 4.51. The number of rotatable bonds is 5. The number of fused-ring (bicyclic) bond motifs is 2. The van der Waals surface area contributed by atoms with E-state index < -0.39 is 0 Å². The molecule has 156 valence electrons. The van der Waals surface area contributed by atoms with Crippen LogP contribution in [0.2, 0.25) is 0 Å². The zero-order valence-corrected chi connectivity index (χ0v) is 17.6. The summed E-state index contributed by atoms with van der Waals surface area (Å²) >= 11 is 2.57. The lowest BCUT2D eigenvalue weighted by Gasteiger charge is -2.18. The molecule has 0 saturated heterocycles. The molecule has 1 N–H and O–H groups in total. The summed E-state index contributed by atoms with van der Waals surface area (Å²) in [5.74, 6) is 0.982. The molecule has 10 heteroatoms. The van der Waals surface area contributed by atoms with Crippen molar-refractivity contribution in [1.82, 2.24) is 14.3 Å². The third kappa shape index (κ3) is 4.17. The average molecular weight is 455 g/mol. The lowest BCUT2D eigenvalue weighted by atomic mass is 10.1. The van der Waals surface area contributed by atoms with E-state index in [0.717, 1.165) is 10.3 Å². The van der Waals surface area contributed by atoms with E-state index in [9.17, 15) is 9.18 Å². The molecule has 31 heavy (non-hydrogen) atoms. The topological polar surface area (TPSA) is 86.2 Å². The van der Waals surface area contributed by atoms with Crippen molar-refractivity contribution >= 4 is 45.1 Å². The molecule has 0 saturated carbocycles. The molecule has 0 spiro atoms. The fourth-order valence-electron chi connectivity index (χ4n) is 3.10. The molecule has 1 aliphatic heterocycles. The molecule has 7 nitrogen and oxygen atoms in total. The number of hydrogen-bond donors (Lipinski definition) is 1. The molecule has 5 rings (SSSR count). The van der Waals surface area contributed by atoms with Gasteiger partial charge in [-0.2, -0.15) is 4.37 Å². The van der Waals surface area contributed by atoms with Crippen molar-refractivity contribution in [2.45, 2.75) is 5.03 Å². The van der Waals surface area contributed by atoms with Gasteiger partial charge in [-0.05, 0) is 47.9 Å². The van der Waals surface area contributed by atoms with Gasteiger partial charge in [-0.25, -0.2) is 14.4 Å². The number of hydrogen-bond acceptors (Lipinski definition) is 8. The van der Waals surface area contributed by atoms with E-state index in [2.05, 4.69) is 19.7 Å². The van der Waals surface area contributed by atoms with Crippen LogP contribution >= 0.6 is 23.3 Å². The smallest absolute Gasteiger partial charge is 0.234 e. The Bertz CT molecular complexity index is 1260. The van der Waals surface area contributed by atoms with Gasteiger partial charge in [0.25, 0.3) is 0 Å². The van der Waals surface area contributed by atoms with Gasteiger partial charge < -0.3 is 14.8 Å². The predicted octanol–water partition coefficient (Wildman–Crippen LogP) is 4.39. The van der Waals surface area contributed by atoms with Crippen molar-refractivity contribution in [2.75, 3.05) is 24.3 Å². The Balaban J connectivity index is 1.29. The zero-order valence-electron chi connectivity index (χ0n) is 16.0. The Morgan fingerprint density at radius 3 is 2.74 bits per heavy atom. The van der Waals surface area contributed by atoms with Crippen molar-refractivity contribution in [3.63, 3.8) is 0 Å². The van der Waals surface area contributed by atoms with Crippen LogP contribution in [0.3, 0.4) is 0 Å². The summed E-state index contributed by atoms with van der Waals surface area (Å²) in [6, 6.07) is 11.4. The molecule has 1 amide bonds. The van der Waals surface area contributed by atoms with Crippen LogP contribution in [0.4, 0.5) is 10.1 Å². The molecule has 0 bridgehead atoms. The summed E-state index contributed by atoms with van der Waals surface area (Å²) in [6.45, 7) is 1.00. The van der Waals surface area contributed by atoms with E-state index in [0.29, 0.717) is 46.6 Å². The summed E-state index contributed by atoms with van der Waals surface area (Å²) in [7, 11) is 0. The second-order valence-electron chi connectivity index (χ2n) is 6.59. The lowest BCUT2D eigenvalue weighted by molar-refractivity contribution is -0.113. The highest BCUT2D eigenvalue weighted by molar-refractivity contribution is 8.00. The summed E-state index contributed by atoms with van der Waals surface area (Å²) in [5, 5.41) is 3.53. The Kier molecular flexibility index (Phi) is 5.39. The maximum absolute atomic E-state index is 13.2. The second kappa shape index (κ2) is 8.48. The fourth-order valence-corrected chi connectivity index (χ4v) is 4.81. The minimum absolute atomic E-state index is 0.170. The maximum atomic E-state index is 13.2.